The summed E-state index contributed by atoms with van der Waals surface area (Å²) in [6.45, 7) is 7.64. The van der Waals surface area contributed by atoms with Gasteiger partial charge in [-0.25, -0.2) is 0 Å². The quantitative estimate of drug-likeness (QED) is 0.779. The molecule has 0 saturated heterocycles. The summed E-state index contributed by atoms with van der Waals surface area (Å²) in [6, 6.07) is 8.96. The molecule has 2 atom stereocenters. The zero-order valence-corrected chi connectivity index (χ0v) is 13.2. The first-order valence-electron chi connectivity index (χ1n) is 8.20. The number of anilines is 1. The van der Waals surface area contributed by atoms with Gasteiger partial charge >= 0.3 is 0 Å². The van der Waals surface area contributed by atoms with E-state index in [2.05, 4.69) is 50.4 Å². The van der Waals surface area contributed by atoms with Crippen LogP contribution < -0.4 is 10.1 Å². The highest BCUT2D eigenvalue weighted by Crippen LogP contribution is 2.34. The molecule has 0 spiro atoms. The van der Waals surface area contributed by atoms with Crippen LogP contribution in [0.15, 0.2) is 24.3 Å². The summed E-state index contributed by atoms with van der Waals surface area (Å²) in [6.07, 6.45) is 6.42. The Morgan fingerprint density at radius 2 is 1.95 bits per heavy atom. The Morgan fingerprint density at radius 3 is 2.70 bits per heavy atom. The summed E-state index contributed by atoms with van der Waals surface area (Å²) in [4.78, 5) is 0. The second-order valence-corrected chi connectivity index (χ2v) is 6.29. The predicted molar refractivity (Wildman–Crippen MR) is 86.4 cm³/mol. The molecule has 1 fully saturated rings. The Kier molecular flexibility index (Phi) is 5.75. The number of benzene rings is 1. The van der Waals surface area contributed by atoms with Crippen molar-refractivity contribution in [3.05, 3.63) is 24.3 Å². The monoisotopic (exact) mass is 275 g/mol. The van der Waals surface area contributed by atoms with E-state index in [9.17, 15) is 0 Å². The smallest absolute Gasteiger partial charge is 0.142 e. The van der Waals surface area contributed by atoms with Crippen molar-refractivity contribution in [2.45, 2.75) is 58.9 Å². The first kappa shape index (κ1) is 15.2. The molecule has 112 valence electrons. The lowest BCUT2D eigenvalue weighted by molar-refractivity contribution is 0.252. The van der Waals surface area contributed by atoms with E-state index in [-0.39, 0.29) is 0 Å². The van der Waals surface area contributed by atoms with Crippen LogP contribution in [-0.2, 0) is 0 Å². The molecule has 2 nitrogen and oxygen atoms in total. The van der Waals surface area contributed by atoms with E-state index in [0.717, 1.165) is 30.6 Å². The van der Waals surface area contributed by atoms with Gasteiger partial charge in [-0.2, -0.15) is 0 Å². The molecule has 0 radical (unpaired) electrons. The zero-order valence-electron chi connectivity index (χ0n) is 13.2. The molecular weight excluding hydrogens is 246 g/mol. The fraction of sp³-hybridized carbons (Fsp3) is 0.667. The van der Waals surface area contributed by atoms with Crippen molar-refractivity contribution in [2.24, 2.45) is 11.8 Å². The summed E-state index contributed by atoms with van der Waals surface area (Å²) in [5.41, 5.74) is 1.17. The SMILES string of the molecule is CCCOc1ccccc1NC1CCCCC1C(C)C. The number of para-hydroxylation sites is 2. The Bertz CT molecular complexity index is 402. The highest BCUT2D eigenvalue weighted by atomic mass is 16.5. The largest absolute Gasteiger partial charge is 0.491 e. The van der Waals surface area contributed by atoms with E-state index in [0.29, 0.717) is 6.04 Å². The highest BCUT2D eigenvalue weighted by Gasteiger charge is 2.27. The molecule has 0 heterocycles. The average molecular weight is 275 g/mol. The Labute approximate surface area is 123 Å². The highest BCUT2D eigenvalue weighted by molar-refractivity contribution is 5.56. The first-order valence-corrected chi connectivity index (χ1v) is 8.20. The Balaban J connectivity index is 2.07. The Morgan fingerprint density at radius 1 is 1.20 bits per heavy atom. The minimum atomic E-state index is 0.593. The molecular formula is C18H29NO. The molecule has 1 aliphatic rings. The van der Waals surface area contributed by atoms with E-state index in [4.69, 9.17) is 4.74 Å². The number of nitrogens with one attached hydrogen (secondary N) is 1. The van der Waals surface area contributed by atoms with Gasteiger partial charge in [0.05, 0.1) is 12.3 Å². The topological polar surface area (TPSA) is 21.3 Å². The van der Waals surface area contributed by atoms with Gasteiger partial charge in [0.1, 0.15) is 5.75 Å². The summed E-state index contributed by atoms with van der Waals surface area (Å²) in [5, 5.41) is 3.76. The van der Waals surface area contributed by atoms with Gasteiger partial charge in [-0.1, -0.05) is 45.7 Å². The number of hydrogen-bond donors (Lipinski definition) is 1. The zero-order chi connectivity index (χ0) is 14.4. The van der Waals surface area contributed by atoms with Crippen LogP contribution in [-0.4, -0.2) is 12.6 Å². The van der Waals surface area contributed by atoms with Crippen molar-refractivity contribution in [3.63, 3.8) is 0 Å². The van der Waals surface area contributed by atoms with E-state index in [1.807, 2.05) is 0 Å². The van der Waals surface area contributed by atoms with E-state index in [1.165, 1.54) is 31.4 Å². The van der Waals surface area contributed by atoms with Crippen LogP contribution in [0.3, 0.4) is 0 Å². The van der Waals surface area contributed by atoms with E-state index >= 15 is 0 Å². The predicted octanol–water partition coefficient (Wildman–Crippen LogP) is 5.10. The summed E-state index contributed by atoms with van der Waals surface area (Å²) >= 11 is 0. The second-order valence-electron chi connectivity index (χ2n) is 6.29. The van der Waals surface area contributed by atoms with Gasteiger partial charge in [-0.3, -0.25) is 0 Å². The normalized spacial score (nSPS) is 22.8. The number of rotatable bonds is 6. The fourth-order valence-corrected chi connectivity index (χ4v) is 3.26. The van der Waals surface area contributed by atoms with Gasteiger partial charge in [-0.15, -0.1) is 0 Å². The van der Waals surface area contributed by atoms with Crippen LogP contribution in [0.25, 0.3) is 0 Å². The molecule has 0 aromatic heterocycles. The lowest BCUT2D eigenvalue weighted by Crippen LogP contribution is -2.35. The van der Waals surface area contributed by atoms with Crippen molar-refractivity contribution >= 4 is 5.69 Å². The minimum Gasteiger partial charge on any atom is -0.491 e. The van der Waals surface area contributed by atoms with Gasteiger partial charge in [0, 0.05) is 6.04 Å². The minimum absolute atomic E-state index is 0.593. The summed E-state index contributed by atoms with van der Waals surface area (Å²) in [7, 11) is 0. The molecule has 20 heavy (non-hydrogen) atoms. The lowest BCUT2D eigenvalue weighted by atomic mass is 9.78. The van der Waals surface area contributed by atoms with Crippen LogP contribution >= 0.6 is 0 Å². The number of ether oxygens (including phenoxy) is 1. The molecule has 1 aromatic rings. The average Bonchev–Trinajstić information content (AvgIpc) is 2.47. The Hall–Kier alpha value is -1.18. The third-order valence-corrected chi connectivity index (χ3v) is 4.37. The van der Waals surface area contributed by atoms with Gasteiger partial charge in [0.25, 0.3) is 0 Å². The van der Waals surface area contributed by atoms with Crippen LogP contribution in [0.1, 0.15) is 52.9 Å². The first-order chi connectivity index (χ1) is 9.72. The molecule has 2 heteroatoms. The fourth-order valence-electron chi connectivity index (χ4n) is 3.26. The maximum atomic E-state index is 5.86. The molecule has 1 aliphatic carbocycles. The molecule has 0 aliphatic heterocycles. The number of hydrogen-bond acceptors (Lipinski definition) is 2. The van der Waals surface area contributed by atoms with Crippen molar-refractivity contribution in [1.29, 1.82) is 0 Å². The van der Waals surface area contributed by atoms with Crippen LogP contribution in [0.4, 0.5) is 5.69 Å². The molecule has 2 unspecified atom stereocenters. The third kappa shape index (κ3) is 3.91. The van der Waals surface area contributed by atoms with E-state index < -0.39 is 0 Å². The maximum absolute atomic E-state index is 5.86. The lowest BCUT2D eigenvalue weighted by Gasteiger charge is -2.35. The molecule has 1 N–H and O–H groups in total. The molecule has 0 amide bonds. The van der Waals surface area contributed by atoms with Crippen LogP contribution in [0.2, 0.25) is 0 Å². The van der Waals surface area contributed by atoms with Crippen molar-refractivity contribution in [1.82, 2.24) is 0 Å². The van der Waals surface area contributed by atoms with E-state index in [1.54, 1.807) is 0 Å². The van der Waals surface area contributed by atoms with Crippen molar-refractivity contribution in [2.75, 3.05) is 11.9 Å². The standard InChI is InChI=1S/C18H29NO/c1-4-13-20-18-12-8-7-11-17(18)19-16-10-6-5-9-15(16)14(2)3/h7-8,11-12,14-16,19H,4-6,9-10,13H2,1-3H3. The molecule has 0 bridgehead atoms. The third-order valence-electron chi connectivity index (χ3n) is 4.37. The molecule has 1 aromatic carbocycles. The summed E-state index contributed by atoms with van der Waals surface area (Å²) < 4.78 is 5.86. The van der Waals surface area contributed by atoms with Crippen molar-refractivity contribution < 1.29 is 4.74 Å². The van der Waals surface area contributed by atoms with Gasteiger partial charge in [0.15, 0.2) is 0 Å². The van der Waals surface area contributed by atoms with Crippen LogP contribution in [0, 0.1) is 11.8 Å². The van der Waals surface area contributed by atoms with Gasteiger partial charge in [0.2, 0.25) is 0 Å². The van der Waals surface area contributed by atoms with Gasteiger partial charge < -0.3 is 10.1 Å². The molecule has 1 saturated carbocycles. The maximum Gasteiger partial charge on any atom is 0.142 e. The van der Waals surface area contributed by atoms with Crippen molar-refractivity contribution in [3.8, 4) is 5.75 Å². The second kappa shape index (κ2) is 7.56. The summed E-state index contributed by atoms with van der Waals surface area (Å²) in [5.74, 6) is 2.53. The van der Waals surface area contributed by atoms with Crippen LogP contribution in [0.5, 0.6) is 5.75 Å². The molecule has 2 rings (SSSR count). The van der Waals surface area contributed by atoms with Gasteiger partial charge in [-0.05, 0) is 43.2 Å².